The average Bonchev–Trinajstić information content (AvgIpc) is 2.29. The number of nitrogens with zero attached hydrogens (tertiary/aromatic N) is 2. The van der Waals surface area contributed by atoms with Crippen molar-refractivity contribution in [3.8, 4) is 11.4 Å². The molecule has 0 spiro atoms. The maximum absolute atomic E-state index is 5.58. The maximum Gasteiger partial charge on any atom is 0.159 e. The third-order valence-corrected chi connectivity index (χ3v) is 2.15. The van der Waals surface area contributed by atoms with Gasteiger partial charge >= 0.3 is 0 Å². The van der Waals surface area contributed by atoms with Crippen LogP contribution in [-0.2, 0) is 6.54 Å². The molecular formula is C12H13N3. The molecule has 0 bridgehead atoms. The van der Waals surface area contributed by atoms with E-state index >= 15 is 0 Å². The summed E-state index contributed by atoms with van der Waals surface area (Å²) in [6.45, 7) is 2.40. The normalized spacial score (nSPS) is 10.3. The van der Waals surface area contributed by atoms with Gasteiger partial charge in [-0.25, -0.2) is 9.97 Å². The molecule has 2 N–H and O–H groups in total. The molecule has 0 aliphatic rings. The number of rotatable bonds is 2. The molecule has 2 rings (SSSR count). The van der Waals surface area contributed by atoms with Crippen LogP contribution >= 0.6 is 0 Å². The Morgan fingerprint density at radius 2 is 1.87 bits per heavy atom. The number of hydrogen-bond acceptors (Lipinski definition) is 3. The molecule has 0 saturated heterocycles. The van der Waals surface area contributed by atoms with Crippen molar-refractivity contribution in [1.82, 2.24) is 9.97 Å². The first kappa shape index (κ1) is 9.80. The fourth-order valence-electron chi connectivity index (χ4n) is 1.45. The number of hydrogen-bond donors (Lipinski definition) is 1. The molecular weight excluding hydrogens is 186 g/mol. The SMILES string of the molecule is Cc1cc(CN)nc(-c2ccccc2)n1. The van der Waals surface area contributed by atoms with Gasteiger partial charge in [0.15, 0.2) is 5.82 Å². The lowest BCUT2D eigenvalue weighted by Gasteiger charge is -2.03. The third kappa shape index (κ3) is 2.19. The Balaban J connectivity index is 2.49. The van der Waals surface area contributed by atoms with Crippen LogP contribution < -0.4 is 5.73 Å². The number of nitrogens with two attached hydrogens (primary N) is 1. The molecule has 15 heavy (non-hydrogen) atoms. The van der Waals surface area contributed by atoms with Gasteiger partial charge in [0.05, 0.1) is 5.69 Å². The molecule has 0 unspecified atom stereocenters. The Bertz CT molecular complexity index is 452. The van der Waals surface area contributed by atoms with Crippen molar-refractivity contribution in [1.29, 1.82) is 0 Å². The van der Waals surface area contributed by atoms with Crippen LogP contribution in [0.25, 0.3) is 11.4 Å². The Hall–Kier alpha value is -1.74. The van der Waals surface area contributed by atoms with Gasteiger partial charge in [-0.3, -0.25) is 0 Å². The summed E-state index contributed by atoms with van der Waals surface area (Å²) in [5.41, 5.74) is 8.42. The van der Waals surface area contributed by atoms with Crippen molar-refractivity contribution in [3.63, 3.8) is 0 Å². The van der Waals surface area contributed by atoms with Crippen molar-refractivity contribution >= 4 is 0 Å². The van der Waals surface area contributed by atoms with Gasteiger partial charge in [-0.1, -0.05) is 30.3 Å². The summed E-state index contributed by atoms with van der Waals surface area (Å²) in [4.78, 5) is 8.77. The van der Waals surface area contributed by atoms with Crippen LogP contribution in [0.4, 0.5) is 0 Å². The standard InChI is InChI=1S/C12H13N3/c1-9-7-11(8-13)15-12(14-9)10-5-3-2-4-6-10/h2-7H,8,13H2,1H3. The molecule has 1 aromatic heterocycles. The van der Waals surface area contributed by atoms with E-state index in [1.165, 1.54) is 0 Å². The van der Waals surface area contributed by atoms with E-state index in [0.29, 0.717) is 6.54 Å². The molecule has 3 heteroatoms. The lowest BCUT2D eigenvalue weighted by molar-refractivity contribution is 0.953. The first-order valence-corrected chi connectivity index (χ1v) is 4.89. The zero-order valence-electron chi connectivity index (χ0n) is 8.64. The topological polar surface area (TPSA) is 51.8 Å². The highest BCUT2D eigenvalue weighted by atomic mass is 14.9. The summed E-state index contributed by atoms with van der Waals surface area (Å²) in [5, 5.41) is 0. The third-order valence-electron chi connectivity index (χ3n) is 2.15. The van der Waals surface area contributed by atoms with Crippen molar-refractivity contribution in [3.05, 3.63) is 47.8 Å². The van der Waals surface area contributed by atoms with E-state index in [1.807, 2.05) is 43.3 Å². The number of aryl methyl sites for hydroxylation is 1. The Morgan fingerprint density at radius 1 is 1.13 bits per heavy atom. The van der Waals surface area contributed by atoms with Gasteiger partial charge in [0.25, 0.3) is 0 Å². The van der Waals surface area contributed by atoms with Gasteiger partial charge < -0.3 is 5.73 Å². The summed E-state index contributed by atoms with van der Waals surface area (Å²) in [7, 11) is 0. The van der Waals surface area contributed by atoms with Crippen LogP contribution in [0, 0.1) is 6.92 Å². The lowest BCUT2D eigenvalue weighted by Crippen LogP contribution is -2.03. The van der Waals surface area contributed by atoms with Crippen molar-refractivity contribution in [2.45, 2.75) is 13.5 Å². The molecule has 0 fully saturated rings. The first-order chi connectivity index (χ1) is 7.29. The molecule has 0 saturated carbocycles. The molecule has 1 heterocycles. The molecule has 0 atom stereocenters. The highest BCUT2D eigenvalue weighted by Crippen LogP contribution is 2.14. The van der Waals surface area contributed by atoms with E-state index in [4.69, 9.17) is 5.73 Å². The van der Waals surface area contributed by atoms with E-state index in [0.717, 1.165) is 22.8 Å². The van der Waals surface area contributed by atoms with Crippen LogP contribution in [0.2, 0.25) is 0 Å². The van der Waals surface area contributed by atoms with E-state index in [-0.39, 0.29) is 0 Å². The van der Waals surface area contributed by atoms with E-state index in [9.17, 15) is 0 Å². The Morgan fingerprint density at radius 3 is 2.53 bits per heavy atom. The second kappa shape index (κ2) is 4.19. The van der Waals surface area contributed by atoms with E-state index < -0.39 is 0 Å². The fourth-order valence-corrected chi connectivity index (χ4v) is 1.45. The number of benzene rings is 1. The Labute approximate surface area is 89.0 Å². The van der Waals surface area contributed by atoms with Crippen LogP contribution in [0.3, 0.4) is 0 Å². The van der Waals surface area contributed by atoms with Gasteiger partial charge in [-0.05, 0) is 13.0 Å². The van der Waals surface area contributed by atoms with Gasteiger partial charge in [0, 0.05) is 17.8 Å². The van der Waals surface area contributed by atoms with Gasteiger partial charge in [0.1, 0.15) is 0 Å². The quantitative estimate of drug-likeness (QED) is 0.803. The summed E-state index contributed by atoms with van der Waals surface area (Å²) in [5.74, 6) is 0.746. The summed E-state index contributed by atoms with van der Waals surface area (Å²) in [6, 6.07) is 11.8. The largest absolute Gasteiger partial charge is 0.325 e. The predicted molar refractivity (Wildman–Crippen MR) is 60.1 cm³/mol. The second-order valence-corrected chi connectivity index (χ2v) is 3.39. The van der Waals surface area contributed by atoms with Gasteiger partial charge in [-0.15, -0.1) is 0 Å². The van der Waals surface area contributed by atoms with Crippen LogP contribution in [0.5, 0.6) is 0 Å². The first-order valence-electron chi connectivity index (χ1n) is 4.89. The predicted octanol–water partition coefficient (Wildman–Crippen LogP) is 1.91. The zero-order chi connectivity index (χ0) is 10.7. The lowest BCUT2D eigenvalue weighted by atomic mass is 10.2. The molecule has 76 valence electrons. The number of aromatic nitrogens is 2. The minimum atomic E-state index is 0.448. The smallest absolute Gasteiger partial charge is 0.159 e. The molecule has 0 radical (unpaired) electrons. The highest BCUT2D eigenvalue weighted by Gasteiger charge is 2.02. The van der Waals surface area contributed by atoms with Crippen LogP contribution in [0.1, 0.15) is 11.4 Å². The minimum Gasteiger partial charge on any atom is -0.325 e. The second-order valence-electron chi connectivity index (χ2n) is 3.39. The highest BCUT2D eigenvalue weighted by molar-refractivity contribution is 5.54. The van der Waals surface area contributed by atoms with Crippen molar-refractivity contribution < 1.29 is 0 Å². The van der Waals surface area contributed by atoms with Gasteiger partial charge in [-0.2, -0.15) is 0 Å². The zero-order valence-corrected chi connectivity index (χ0v) is 8.64. The monoisotopic (exact) mass is 199 g/mol. The van der Waals surface area contributed by atoms with Crippen LogP contribution in [0.15, 0.2) is 36.4 Å². The summed E-state index contributed by atoms with van der Waals surface area (Å²) in [6.07, 6.45) is 0. The molecule has 1 aromatic carbocycles. The van der Waals surface area contributed by atoms with Gasteiger partial charge in [0.2, 0.25) is 0 Å². The summed E-state index contributed by atoms with van der Waals surface area (Å²) >= 11 is 0. The van der Waals surface area contributed by atoms with Crippen molar-refractivity contribution in [2.75, 3.05) is 0 Å². The van der Waals surface area contributed by atoms with E-state index in [1.54, 1.807) is 0 Å². The molecule has 2 aromatic rings. The van der Waals surface area contributed by atoms with E-state index in [2.05, 4.69) is 9.97 Å². The molecule has 0 aliphatic heterocycles. The van der Waals surface area contributed by atoms with Crippen molar-refractivity contribution in [2.24, 2.45) is 5.73 Å². The van der Waals surface area contributed by atoms with Crippen LogP contribution in [-0.4, -0.2) is 9.97 Å². The maximum atomic E-state index is 5.58. The minimum absolute atomic E-state index is 0.448. The fraction of sp³-hybridized carbons (Fsp3) is 0.167. The average molecular weight is 199 g/mol. The molecule has 0 aliphatic carbocycles. The Kier molecular flexibility index (Phi) is 2.74. The molecule has 3 nitrogen and oxygen atoms in total. The summed E-state index contributed by atoms with van der Waals surface area (Å²) < 4.78 is 0. The molecule has 0 amide bonds.